The maximum Gasteiger partial charge on any atom is 0.129 e. The molecule has 0 aliphatic heterocycles. The van der Waals surface area contributed by atoms with Crippen LogP contribution in [0.15, 0.2) is 35.7 Å². The third kappa shape index (κ3) is 2.44. The lowest BCUT2D eigenvalue weighted by Crippen LogP contribution is -1.88. The molecule has 3 aromatic rings. The summed E-state index contributed by atoms with van der Waals surface area (Å²) in [6.07, 6.45) is 0. The molecule has 0 bridgehead atoms. The Morgan fingerprint density at radius 2 is 2.10 bits per heavy atom. The van der Waals surface area contributed by atoms with Crippen LogP contribution in [0.1, 0.15) is 10.4 Å². The predicted octanol–water partition coefficient (Wildman–Crippen LogP) is 5.56. The summed E-state index contributed by atoms with van der Waals surface area (Å²) in [5.74, 6) is 0. The van der Waals surface area contributed by atoms with Crippen molar-refractivity contribution in [1.29, 1.82) is 5.26 Å². The summed E-state index contributed by atoms with van der Waals surface area (Å²) in [6, 6.07) is 12.1. The third-order valence-electron chi connectivity index (χ3n) is 3.25. The van der Waals surface area contributed by atoms with E-state index in [1.807, 2.05) is 42.6 Å². The molecule has 0 amide bonds. The van der Waals surface area contributed by atoms with Crippen molar-refractivity contribution in [2.45, 2.75) is 6.92 Å². The van der Waals surface area contributed by atoms with Gasteiger partial charge >= 0.3 is 0 Å². The average molecular weight is 331 g/mol. The highest BCUT2D eigenvalue weighted by Crippen LogP contribution is 2.46. The average Bonchev–Trinajstić information content (AvgIpc) is 3.09. The topological polar surface area (TPSA) is 49.8 Å². The van der Waals surface area contributed by atoms with E-state index in [0.29, 0.717) is 10.6 Å². The number of nitrogens with two attached hydrogens (primary N) is 1. The van der Waals surface area contributed by atoms with Crippen LogP contribution < -0.4 is 5.73 Å². The zero-order valence-corrected chi connectivity index (χ0v) is 13.6. The molecule has 104 valence electrons. The monoisotopic (exact) mass is 330 g/mol. The molecule has 0 spiro atoms. The first-order chi connectivity index (χ1) is 10.1. The molecule has 3 rings (SSSR count). The van der Waals surface area contributed by atoms with Crippen molar-refractivity contribution in [3.05, 3.63) is 51.2 Å². The van der Waals surface area contributed by atoms with Gasteiger partial charge in [-0.1, -0.05) is 29.8 Å². The number of nitriles is 1. The number of aryl methyl sites for hydroxylation is 1. The van der Waals surface area contributed by atoms with Crippen LogP contribution in [0.3, 0.4) is 0 Å². The summed E-state index contributed by atoms with van der Waals surface area (Å²) in [6.45, 7) is 1.97. The van der Waals surface area contributed by atoms with E-state index >= 15 is 0 Å². The second-order valence-corrected chi connectivity index (χ2v) is 6.98. The fraction of sp³-hybridized carbons (Fsp3) is 0.0625. The van der Waals surface area contributed by atoms with Crippen molar-refractivity contribution in [3.63, 3.8) is 0 Å². The van der Waals surface area contributed by atoms with E-state index in [0.717, 1.165) is 31.5 Å². The van der Waals surface area contributed by atoms with Gasteiger partial charge in [-0.15, -0.1) is 22.7 Å². The summed E-state index contributed by atoms with van der Waals surface area (Å²) in [7, 11) is 0. The number of nitrogens with zero attached hydrogens (tertiary/aromatic N) is 1. The predicted molar refractivity (Wildman–Crippen MR) is 91.9 cm³/mol. The van der Waals surface area contributed by atoms with Crippen molar-refractivity contribution in [2.24, 2.45) is 0 Å². The van der Waals surface area contributed by atoms with E-state index in [-0.39, 0.29) is 0 Å². The van der Waals surface area contributed by atoms with Crippen LogP contribution >= 0.6 is 34.3 Å². The second kappa shape index (κ2) is 5.53. The number of thiophene rings is 2. The molecular formula is C16H11ClN2S2. The van der Waals surface area contributed by atoms with E-state index < -0.39 is 0 Å². The van der Waals surface area contributed by atoms with Gasteiger partial charge in [0.2, 0.25) is 0 Å². The zero-order chi connectivity index (χ0) is 15.0. The molecule has 0 saturated carbocycles. The van der Waals surface area contributed by atoms with Gasteiger partial charge in [0, 0.05) is 20.3 Å². The minimum absolute atomic E-state index is 0.546. The molecule has 0 unspecified atom stereocenters. The minimum atomic E-state index is 0.546. The quantitative estimate of drug-likeness (QED) is 0.668. The van der Waals surface area contributed by atoms with Crippen LogP contribution in [0.25, 0.3) is 20.9 Å². The molecule has 2 N–H and O–H groups in total. The summed E-state index contributed by atoms with van der Waals surface area (Å²) in [5.41, 5.74) is 9.69. The summed E-state index contributed by atoms with van der Waals surface area (Å²) in [4.78, 5) is 2.61. The number of anilines is 1. The minimum Gasteiger partial charge on any atom is -0.396 e. The molecule has 21 heavy (non-hydrogen) atoms. The van der Waals surface area contributed by atoms with Gasteiger partial charge in [-0.2, -0.15) is 5.26 Å². The highest BCUT2D eigenvalue weighted by molar-refractivity contribution is 7.18. The Bertz CT molecular complexity index is 842. The molecule has 0 saturated heterocycles. The molecule has 0 radical (unpaired) electrons. The lowest BCUT2D eigenvalue weighted by molar-refractivity contribution is 1.47. The molecule has 5 heteroatoms. The smallest absolute Gasteiger partial charge is 0.129 e. The SMILES string of the molecule is Cc1ccc(-c2sc(C#N)c(N)c2-c2cccs2)cc1Cl. The number of hydrogen-bond acceptors (Lipinski definition) is 4. The van der Waals surface area contributed by atoms with Gasteiger partial charge in [-0.25, -0.2) is 0 Å². The van der Waals surface area contributed by atoms with Crippen molar-refractivity contribution >= 4 is 40.0 Å². The highest BCUT2D eigenvalue weighted by Gasteiger charge is 2.19. The fourth-order valence-electron chi connectivity index (χ4n) is 2.13. The number of rotatable bonds is 2. The lowest BCUT2D eigenvalue weighted by atomic mass is 10.1. The zero-order valence-electron chi connectivity index (χ0n) is 11.2. The van der Waals surface area contributed by atoms with E-state index in [9.17, 15) is 5.26 Å². The van der Waals surface area contributed by atoms with Crippen LogP contribution in [-0.2, 0) is 0 Å². The number of benzene rings is 1. The van der Waals surface area contributed by atoms with Gasteiger partial charge in [0.25, 0.3) is 0 Å². The molecule has 2 aromatic heterocycles. The maximum atomic E-state index is 9.26. The Morgan fingerprint density at radius 3 is 2.71 bits per heavy atom. The Kier molecular flexibility index (Phi) is 3.73. The van der Waals surface area contributed by atoms with Crippen LogP contribution in [0, 0.1) is 18.3 Å². The Morgan fingerprint density at radius 1 is 1.29 bits per heavy atom. The van der Waals surface area contributed by atoms with E-state index in [4.69, 9.17) is 17.3 Å². The molecule has 0 fully saturated rings. The molecular weight excluding hydrogens is 320 g/mol. The highest BCUT2D eigenvalue weighted by atomic mass is 35.5. The number of halogens is 1. The largest absolute Gasteiger partial charge is 0.396 e. The van der Waals surface area contributed by atoms with E-state index in [2.05, 4.69) is 6.07 Å². The van der Waals surface area contributed by atoms with E-state index in [1.165, 1.54) is 11.3 Å². The van der Waals surface area contributed by atoms with Gasteiger partial charge < -0.3 is 5.73 Å². The Labute approximate surface area is 136 Å². The normalized spacial score (nSPS) is 10.5. The molecule has 2 heterocycles. The van der Waals surface area contributed by atoms with Crippen molar-refractivity contribution in [2.75, 3.05) is 5.73 Å². The molecule has 2 nitrogen and oxygen atoms in total. The first-order valence-corrected chi connectivity index (χ1v) is 8.32. The van der Waals surface area contributed by atoms with Crippen molar-refractivity contribution < 1.29 is 0 Å². The molecule has 0 aliphatic carbocycles. The third-order valence-corrected chi connectivity index (χ3v) is 5.70. The second-order valence-electron chi connectivity index (χ2n) is 4.60. The van der Waals surface area contributed by atoms with Gasteiger partial charge in [-0.3, -0.25) is 0 Å². The van der Waals surface area contributed by atoms with Crippen LogP contribution in [0.2, 0.25) is 5.02 Å². The van der Waals surface area contributed by atoms with Crippen LogP contribution in [0.5, 0.6) is 0 Å². The summed E-state index contributed by atoms with van der Waals surface area (Å²) >= 11 is 9.26. The van der Waals surface area contributed by atoms with Gasteiger partial charge in [0.05, 0.1) is 5.69 Å². The molecule has 0 aliphatic rings. The first kappa shape index (κ1) is 14.2. The van der Waals surface area contributed by atoms with Gasteiger partial charge in [0.15, 0.2) is 0 Å². The van der Waals surface area contributed by atoms with E-state index in [1.54, 1.807) is 11.3 Å². The maximum absolute atomic E-state index is 9.26. The van der Waals surface area contributed by atoms with Crippen molar-refractivity contribution in [1.82, 2.24) is 0 Å². The Balaban J connectivity index is 2.27. The standard InChI is InChI=1S/C16H11ClN2S2/c1-9-4-5-10(7-11(9)17)16-14(12-3-2-6-20-12)15(19)13(8-18)21-16/h2-7H,19H2,1H3. The van der Waals surface area contributed by atoms with Gasteiger partial charge in [0.1, 0.15) is 10.9 Å². The summed E-state index contributed by atoms with van der Waals surface area (Å²) in [5, 5.41) is 12.0. The lowest BCUT2D eigenvalue weighted by Gasteiger charge is -2.05. The number of nitrogen functional groups attached to an aromatic ring is 1. The molecule has 1 aromatic carbocycles. The fourth-order valence-corrected chi connectivity index (χ4v) is 4.19. The van der Waals surface area contributed by atoms with Crippen LogP contribution in [0.4, 0.5) is 5.69 Å². The molecule has 0 atom stereocenters. The van der Waals surface area contributed by atoms with Crippen LogP contribution in [-0.4, -0.2) is 0 Å². The first-order valence-electron chi connectivity index (χ1n) is 6.24. The summed E-state index contributed by atoms with van der Waals surface area (Å²) < 4.78 is 0. The Hall–Kier alpha value is -1.80. The number of hydrogen-bond donors (Lipinski definition) is 1. The van der Waals surface area contributed by atoms with Gasteiger partial charge in [-0.05, 0) is 35.6 Å². The van der Waals surface area contributed by atoms with Crippen molar-refractivity contribution in [3.8, 4) is 27.0 Å².